The van der Waals surface area contributed by atoms with Crippen LogP contribution in [0.5, 0.6) is 11.5 Å². The number of phenols is 1. The standard InChI is InChI=1S/C23H19ClN2O5S/c1-11-12(2)32-23(25-11)26-19(14-6-9-16(27)17(10-14)31-3)18(21(29)22(26)30)20(28)13-4-7-15(24)8-5-13/h4-10,19,27-28H,1-3H3/b20-18+/t19-/m1/s1. The quantitative estimate of drug-likeness (QED) is 0.324. The van der Waals surface area contributed by atoms with Crippen LogP contribution in [0.4, 0.5) is 5.13 Å². The van der Waals surface area contributed by atoms with Crippen molar-refractivity contribution in [3.05, 3.63) is 74.8 Å². The molecule has 7 nitrogen and oxygen atoms in total. The number of ketones is 1. The second-order valence-electron chi connectivity index (χ2n) is 7.25. The van der Waals surface area contributed by atoms with Crippen LogP contribution < -0.4 is 9.64 Å². The first-order chi connectivity index (χ1) is 15.2. The van der Waals surface area contributed by atoms with E-state index in [1.165, 1.54) is 35.5 Å². The highest BCUT2D eigenvalue weighted by molar-refractivity contribution is 7.16. The number of phenolic OH excluding ortho intramolecular Hbond substituents is 1. The van der Waals surface area contributed by atoms with Gasteiger partial charge in [0.2, 0.25) is 0 Å². The van der Waals surface area contributed by atoms with Crippen LogP contribution in [0, 0.1) is 13.8 Å². The Kier molecular flexibility index (Phi) is 5.66. The highest BCUT2D eigenvalue weighted by Crippen LogP contribution is 2.45. The predicted molar refractivity (Wildman–Crippen MR) is 122 cm³/mol. The molecule has 0 aliphatic carbocycles. The zero-order valence-electron chi connectivity index (χ0n) is 17.4. The highest BCUT2D eigenvalue weighted by atomic mass is 35.5. The number of halogens is 1. The Morgan fingerprint density at radius 2 is 1.84 bits per heavy atom. The summed E-state index contributed by atoms with van der Waals surface area (Å²) in [4.78, 5) is 32.9. The van der Waals surface area contributed by atoms with Gasteiger partial charge in [0, 0.05) is 15.5 Å². The molecule has 0 bridgehead atoms. The highest BCUT2D eigenvalue weighted by Gasteiger charge is 2.48. The van der Waals surface area contributed by atoms with Crippen molar-refractivity contribution in [1.82, 2.24) is 4.98 Å². The molecule has 1 fully saturated rings. The number of benzene rings is 2. The lowest BCUT2D eigenvalue weighted by molar-refractivity contribution is -0.132. The minimum absolute atomic E-state index is 0.0874. The molecule has 0 radical (unpaired) electrons. The maximum absolute atomic E-state index is 13.1. The summed E-state index contributed by atoms with van der Waals surface area (Å²) in [7, 11) is 1.40. The second-order valence-corrected chi connectivity index (χ2v) is 8.86. The molecule has 32 heavy (non-hydrogen) atoms. The van der Waals surface area contributed by atoms with Crippen LogP contribution >= 0.6 is 22.9 Å². The maximum atomic E-state index is 13.1. The lowest BCUT2D eigenvalue weighted by atomic mass is 9.95. The van der Waals surface area contributed by atoms with Gasteiger partial charge in [0.15, 0.2) is 16.6 Å². The lowest BCUT2D eigenvalue weighted by Crippen LogP contribution is -2.29. The molecule has 2 aromatic carbocycles. The van der Waals surface area contributed by atoms with E-state index in [9.17, 15) is 19.8 Å². The number of thiazole rings is 1. The number of nitrogens with zero attached hydrogens (tertiary/aromatic N) is 2. The largest absolute Gasteiger partial charge is 0.507 e. The van der Waals surface area contributed by atoms with Crippen molar-refractivity contribution < 1.29 is 24.5 Å². The molecular formula is C23H19ClN2O5S. The van der Waals surface area contributed by atoms with Crippen molar-refractivity contribution in [1.29, 1.82) is 0 Å². The third-order valence-corrected chi connectivity index (χ3v) is 6.63. The van der Waals surface area contributed by atoms with Crippen molar-refractivity contribution in [3.63, 3.8) is 0 Å². The molecule has 9 heteroatoms. The normalized spacial score (nSPS) is 17.8. The summed E-state index contributed by atoms with van der Waals surface area (Å²) in [5.74, 6) is -1.88. The number of amides is 1. The second kappa shape index (κ2) is 8.29. The summed E-state index contributed by atoms with van der Waals surface area (Å²) in [6, 6.07) is 9.84. The van der Waals surface area contributed by atoms with Gasteiger partial charge >= 0.3 is 5.91 Å². The zero-order chi connectivity index (χ0) is 23.2. The third-order valence-electron chi connectivity index (χ3n) is 5.30. The Morgan fingerprint density at radius 3 is 2.44 bits per heavy atom. The number of methoxy groups -OCH3 is 1. The minimum atomic E-state index is -0.967. The van der Waals surface area contributed by atoms with E-state index in [1.54, 1.807) is 30.3 Å². The first-order valence-electron chi connectivity index (χ1n) is 9.60. The van der Waals surface area contributed by atoms with E-state index in [-0.39, 0.29) is 22.8 Å². The van der Waals surface area contributed by atoms with Gasteiger partial charge in [0.1, 0.15) is 5.76 Å². The van der Waals surface area contributed by atoms with Crippen LogP contribution in [0.1, 0.15) is 27.7 Å². The van der Waals surface area contributed by atoms with Crippen LogP contribution in [-0.4, -0.2) is 34.0 Å². The molecule has 0 saturated carbocycles. The van der Waals surface area contributed by atoms with E-state index in [0.717, 1.165) is 10.6 Å². The molecule has 1 aliphatic heterocycles. The van der Waals surface area contributed by atoms with Gasteiger partial charge in [-0.2, -0.15) is 0 Å². The van der Waals surface area contributed by atoms with Gasteiger partial charge < -0.3 is 14.9 Å². The number of hydrogen-bond donors (Lipinski definition) is 2. The van der Waals surface area contributed by atoms with Crippen LogP contribution in [0.2, 0.25) is 5.02 Å². The monoisotopic (exact) mass is 470 g/mol. The number of carbonyl (C=O) groups excluding carboxylic acids is 2. The van der Waals surface area contributed by atoms with E-state index in [0.29, 0.717) is 21.3 Å². The molecule has 2 N–H and O–H groups in total. The number of Topliss-reactive ketones (excluding diaryl/α,β-unsaturated/α-hetero) is 1. The Labute approximate surface area is 193 Å². The van der Waals surface area contributed by atoms with Gasteiger partial charge in [0.05, 0.1) is 24.4 Å². The fourth-order valence-corrected chi connectivity index (χ4v) is 4.59. The Balaban J connectivity index is 1.97. The molecule has 1 aliphatic rings. The predicted octanol–water partition coefficient (Wildman–Crippen LogP) is 4.75. The van der Waals surface area contributed by atoms with Crippen molar-refractivity contribution in [2.45, 2.75) is 19.9 Å². The summed E-state index contributed by atoms with van der Waals surface area (Å²) >= 11 is 7.23. The van der Waals surface area contributed by atoms with Gasteiger partial charge in [0.25, 0.3) is 5.78 Å². The number of aliphatic hydroxyl groups is 1. The van der Waals surface area contributed by atoms with E-state index in [1.807, 2.05) is 13.8 Å². The van der Waals surface area contributed by atoms with Crippen molar-refractivity contribution >= 4 is 45.5 Å². The smallest absolute Gasteiger partial charge is 0.301 e. The molecule has 4 rings (SSSR count). The maximum Gasteiger partial charge on any atom is 0.301 e. The number of anilines is 1. The SMILES string of the molecule is COc1cc([C@@H]2/C(=C(\O)c3ccc(Cl)cc3)C(=O)C(=O)N2c2nc(C)c(C)s2)ccc1O. The summed E-state index contributed by atoms with van der Waals surface area (Å²) in [5.41, 5.74) is 1.47. The van der Waals surface area contributed by atoms with Crippen LogP contribution in [0.15, 0.2) is 48.0 Å². The summed E-state index contributed by atoms with van der Waals surface area (Å²) in [6.45, 7) is 3.69. The number of rotatable bonds is 4. The van der Waals surface area contributed by atoms with Gasteiger partial charge in [-0.25, -0.2) is 4.98 Å². The average Bonchev–Trinajstić information content (AvgIpc) is 3.24. The minimum Gasteiger partial charge on any atom is -0.507 e. The summed E-state index contributed by atoms with van der Waals surface area (Å²) < 4.78 is 5.21. The molecule has 0 unspecified atom stereocenters. The molecule has 1 amide bonds. The van der Waals surface area contributed by atoms with Gasteiger partial charge in [-0.3, -0.25) is 14.5 Å². The van der Waals surface area contributed by atoms with E-state index in [4.69, 9.17) is 16.3 Å². The van der Waals surface area contributed by atoms with Crippen LogP contribution in [0.3, 0.4) is 0 Å². The van der Waals surface area contributed by atoms with Crippen molar-refractivity contribution in [2.24, 2.45) is 0 Å². The lowest BCUT2D eigenvalue weighted by Gasteiger charge is -2.23. The van der Waals surface area contributed by atoms with Crippen LogP contribution in [-0.2, 0) is 9.59 Å². The third kappa shape index (κ3) is 3.61. The molecule has 0 spiro atoms. The van der Waals surface area contributed by atoms with E-state index in [2.05, 4.69) is 4.98 Å². The molecule has 1 atom stereocenters. The number of aromatic hydroxyl groups is 1. The zero-order valence-corrected chi connectivity index (χ0v) is 19.0. The van der Waals surface area contributed by atoms with Gasteiger partial charge in [-0.05, 0) is 55.8 Å². The molecular weight excluding hydrogens is 452 g/mol. The van der Waals surface area contributed by atoms with E-state index >= 15 is 0 Å². The molecule has 2 heterocycles. The Hall–Kier alpha value is -3.36. The summed E-state index contributed by atoms with van der Waals surface area (Å²) in [6.07, 6.45) is 0. The Bertz CT molecular complexity index is 1250. The fraction of sp³-hybridized carbons (Fsp3) is 0.174. The molecule has 1 saturated heterocycles. The number of carbonyl (C=O) groups is 2. The number of ether oxygens (including phenoxy) is 1. The number of aromatic nitrogens is 1. The number of aliphatic hydroxyl groups excluding tert-OH is 1. The topological polar surface area (TPSA) is 100.0 Å². The fourth-order valence-electron chi connectivity index (χ4n) is 3.53. The first kappa shape index (κ1) is 21.9. The number of hydrogen-bond acceptors (Lipinski definition) is 7. The van der Waals surface area contributed by atoms with Crippen LogP contribution in [0.25, 0.3) is 5.76 Å². The van der Waals surface area contributed by atoms with E-state index < -0.39 is 17.7 Å². The van der Waals surface area contributed by atoms with Crippen molar-refractivity contribution in [3.8, 4) is 11.5 Å². The molecule has 3 aromatic rings. The summed E-state index contributed by atoms with van der Waals surface area (Å²) in [5, 5.41) is 21.9. The molecule has 1 aromatic heterocycles. The molecule has 164 valence electrons. The first-order valence-corrected chi connectivity index (χ1v) is 10.8. The van der Waals surface area contributed by atoms with Gasteiger partial charge in [-0.1, -0.05) is 17.7 Å². The van der Waals surface area contributed by atoms with Crippen molar-refractivity contribution in [2.75, 3.05) is 12.0 Å². The Morgan fingerprint density at radius 1 is 1.16 bits per heavy atom. The number of aryl methyl sites for hydroxylation is 2. The average molecular weight is 471 g/mol. The van der Waals surface area contributed by atoms with Gasteiger partial charge in [-0.15, -0.1) is 11.3 Å².